The average molecular weight is 370 g/mol. The molecule has 3 aromatic rings. The van der Waals surface area contributed by atoms with Crippen molar-refractivity contribution < 1.29 is 23.5 Å². The lowest BCUT2D eigenvalue weighted by Crippen LogP contribution is -2.15. The zero-order valence-electron chi connectivity index (χ0n) is 13.7. The van der Waals surface area contributed by atoms with Gasteiger partial charge in [-0.3, -0.25) is 4.79 Å². The summed E-state index contributed by atoms with van der Waals surface area (Å²) in [6, 6.07) is 15.6. The first-order chi connectivity index (χ1) is 12.6. The fraction of sp³-hybridized carbons (Fsp3) is 0.100. The second-order valence-corrected chi connectivity index (χ2v) is 6.24. The van der Waals surface area contributed by atoms with Crippen LogP contribution in [0.5, 0.6) is 5.75 Å². The molecule has 0 amide bonds. The number of rotatable bonds is 7. The van der Waals surface area contributed by atoms with Crippen molar-refractivity contribution in [3.63, 3.8) is 0 Å². The Morgan fingerprint density at radius 2 is 1.62 bits per heavy atom. The summed E-state index contributed by atoms with van der Waals surface area (Å²) in [6.45, 7) is 0.135. The summed E-state index contributed by atoms with van der Waals surface area (Å²) in [4.78, 5) is 25.4. The number of halogens is 1. The van der Waals surface area contributed by atoms with Crippen LogP contribution in [-0.2, 0) is 4.74 Å². The van der Waals surface area contributed by atoms with Crippen LogP contribution in [0.1, 0.15) is 25.6 Å². The number of esters is 1. The van der Waals surface area contributed by atoms with Crippen molar-refractivity contribution in [1.29, 1.82) is 0 Å². The lowest BCUT2D eigenvalue weighted by atomic mass is 10.0. The third kappa shape index (κ3) is 4.34. The summed E-state index contributed by atoms with van der Waals surface area (Å²) >= 11 is 1.32. The Morgan fingerprint density at radius 1 is 0.885 bits per heavy atom. The molecule has 0 atom stereocenters. The van der Waals surface area contributed by atoms with E-state index >= 15 is 0 Å². The van der Waals surface area contributed by atoms with Gasteiger partial charge in [0.05, 0.1) is 10.4 Å². The average Bonchev–Trinajstić information content (AvgIpc) is 3.20. The minimum absolute atomic E-state index is 0.0116. The molecule has 0 radical (unpaired) electrons. The third-order valence-corrected chi connectivity index (χ3v) is 4.40. The molecule has 0 aliphatic heterocycles. The van der Waals surface area contributed by atoms with Crippen molar-refractivity contribution in [1.82, 2.24) is 0 Å². The van der Waals surface area contributed by atoms with E-state index in [1.165, 1.54) is 35.6 Å². The maximum absolute atomic E-state index is 12.8. The molecule has 0 saturated carbocycles. The molecule has 26 heavy (non-hydrogen) atoms. The van der Waals surface area contributed by atoms with Crippen LogP contribution in [-0.4, -0.2) is 25.0 Å². The minimum Gasteiger partial charge on any atom is -0.490 e. The number of ketones is 1. The number of ether oxygens (including phenoxy) is 2. The maximum atomic E-state index is 12.8. The Bertz CT molecular complexity index is 888. The summed E-state index contributed by atoms with van der Waals surface area (Å²) in [6.07, 6.45) is 0. The third-order valence-electron chi connectivity index (χ3n) is 3.54. The Kier molecular flexibility index (Phi) is 5.76. The van der Waals surface area contributed by atoms with Crippen molar-refractivity contribution in [3.8, 4) is 5.75 Å². The lowest BCUT2D eigenvalue weighted by molar-refractivity contribution is 0.0448. The largest absolute Gasteiger partial charge is 0.490 e. The van der Waals surface area contributed by atoms with Crippen molar-refractivity contribution in [2.45, 2.75) is 0 Å². The van der Waals surface area contributed by atoms with Gasteiger partial charge in [0.25, 0.3) is 0 Å². The van der Waals surface area contributed by atoms with Crippen LogP contribution in [0.3, 0.4) is 0 Å². The second-order valence-electron chi connectivity index (χ2n) is 5.29. The number of carbonyl (C=O) groups excluding carboxylic acids is 2. The smallest absolute Gasteiger partial charge is 0.339 e. The molecule has 0 bridgehead atoms. The topological polar surface area (TPSA) is 52.6 Å². The first-order valence-electron chi connectivity index (χ1n) is 7.88. The fourth-order valence-electron chi connectivity index (χ4n) is 2.30. The van der Waals surface area contributed by atoms with Crippen LogP contribution >= 0.6 is 11.3 Å². The van der Waals surface area contributed by atoms with Gasteiger partial charge in [-0.15, -0.1) is 11.3 Å². The van der Waals surface area contributed by atoms with Crippen molar-refractivity contribution in [3.05, 3.63) is 87.9 Å². The molecule has 3 rings (SSSR count). The standard InChI is InChI=1S/C20H15FO4S/c21-14-7-9-15(10-8-14)24-11-12-25-20(23)17-5-2-1-4-16(17)19(22)18-6-3-13-26-18/h1-10,13H,11-12H2. The number of hydrogen-bond donors (Lipinski definition) is 0. The summed E-state index contributed by atoms with van der Waals surface area (Å²) in [5.41, 5.74) is 0.520. The van der Waals surface area contributed by atoms with Gasteiger partial charge in [0.1, 0.15) is 24.8 Å². The molecule has 0 unspecified atom stereocenters. The summed E-state index contributed by atoms with van der Waals surface area (Å²) in [5, 5.41) is 1.81. The number of benzene rings is 2. The normalized spacial score (nSPS) is 10.3. The SMILES string of the molecule is O=C(OCCOc1ccc(F)cc1)c1ccccc1C(=O)c1cccs1. The molecule has 1 aromatic heterocycles. The van der Waals surface area contributed by atoms with Gasteiger partial charge in [-0.25, -0.2) is 9.18 Å². The van der Waals surface area contributed by atoms with Crippen LogP contribution in [0.25, 0.3) is 0 Å². The predicted octanol–water partition coefficient (Wildman–Crippen LogP) is 4.35. The molecule has 0 spiro atoms. The van der Waals surface area contributed by atoms with Gasteiger partial charge >= 0.3 is 5.97 Å². The van der Waals surface area contributed by atoms with Crippen molar-refractivity contribution in [2.24, 2.45) is 0 Å². The van der Waals surface area contributed by atoms with Gasteiger partial charge in [-0.1, -0.05) is 24.3 Å². The van der Waals surface area contributed by atoms with E-state index in [1.807, 2.05) is 0 Å². The van der Waals surface area contributed by atoms with Gasteiger partial charge in [-0.05, 0) is 41.8 Å². The van der Waals surface area contributed by atoms with E-state index < -0.39 is 5.97 Å². The highest BCUT2D eigenvalue weighted by molar-refractivity contribution is 7.12. The maximum Gasteiger partial charge on any atom is 0.339 e. The molecule has 0 aliphatic carbocycles. The van der Waals surface area contributed by atoms with Gasteiger partial charge in [-0.2, -0.15) is 0 Å². The minimum atomic E-state index is -0.590. The quantitative estimate of drug-likeness (QED) is 0.352. The van der Waals surface area contributed by atoms with Gasteiger partial charge in [0.15, 0.2) is 0 Å². The highest BCUT2D eigenvalue weighted by Crippen LogP contribution is 2.19. The molecule has 0 saturated heterocycles. The van der Waals surface area contributed by atoms with E-state index in [4.69, 9.17) is 9.47 Å². The molecule has 0 N–H and O–H groups in total. The van der Waals surface area contributed by atoms with E-state index in [-0.39, 0.29) is 30.4 Å². The van der Waals surface area contributed by atoms with E-state index in [0.717, 1.165) is 0 Å². The Morgan fingerprint density at radius 3 is 2.31 bits per heavy atom. The molecule has 6 heteroatoms. The van der Waals surface area contributed by atoms with Crippen LogP contribution < -0.4 is 4.74 Å². The molecule has 1 heterocycles. The van der Waals surface area contributed by atoms with E-state index in [9.17, 15) is 14.0 Å². The van der Waals surface area contributed by atoms with E-state index in [1.54, 1.807) is 41.8 Å². The molecule has 2 aromatic carbocycles. The molecule has 0 fully saturated rings. The monoisotopic (exact) mass is 370 g/mol. The van der Waals surface area contributed by atoms with Crippen LogP contribution in [0, 0.1) is 5.82 Å². The fourth-order valence-corrected chi connectivity index (χ4v) is 2.98. The number of thiophene rings is 1. The van der Waals surface area contributed by atoms with Crippen molar-refractivity contribution >= 4 is 23.1 Å². The van der Waals surface area contributed by atoms with E-state index in [2.05, 4.69) is 0 Å². The highest BCUT2D eigenvalue weighted by Gasteiger charge is 2.19. The Balaban J connectivity index is 1.59. The number of hydrogen-bond acceptors (Lipinski definition) is 5. The zero-order chi connectivity index (χ0) is 18.4. The summed E-state index contributed by atoms with van der Waals surface area (Å²) in [5.74, 6) is -0.671. The highest BCUT2D eigenvalue weighted by atomic mass is 32.1. The van der Waals surface area contributed by atoms with Crippen LogP contribution in [0.15, 0.2) is 66.0 Å². The second kappa shape index (κ2) is 8.40. The van der Waals surface area contributed by atoms with E-state index in [0.29, 0.717) is 16.2 Å². The van der Waals surface area contributed by atoms with Crippen molar-refractivity contribution in [2.75, 3.05) is 13.2 Å². The summed E-state index contributed by atoms with van der Waals surface area (Å²) < 4.78 is 23.4. The molecule has 0 aliphatic rings. The first-order valence-corrected chi connectivity index (χ1v) is 8.76. The molecular formula is C20H15FO4S. The van der Waals surface area contributed by atoms with Crippen LogP contribution in [0.4, 0.5) is 4.39 Å². The molecule has 132 valence electrons. The van der Waals surface area contributed by atoms with Gasteiger partial charge in [0, 0.05) is 5.56 Å². The van der Waals surface area contributed by atoms with Gasteiger partial charge < -0.3 is 9.47 Å². The van der Waals surface area contributed by atoms with Crippen LogP contribution in [0.2, 0.25) is 0 Å². The predicted molar refractivity (Wildman–Crippen MR) is 96.4 cm³/mol. The summed E-state index contributed by atoms with van der Waals surface area (Å²) in [7, 11) is 0. The van der Waals surface area contributed by atoms with Gasteiger partial charge in [0.2, 0.25) is 5.78 Å². The zero-order valence-corrected chi connectivity index (χ0v) is 14.5. The Hall–Kier alpha value is -2.99. The molecular weight excluding hydrogens is 355 g/mol. The first kappa shape index (κ1) is 17.8. The lowest BCUT2D eigenvalue weighted by Gasteiger charge is -2.09. The molecule has 4 nitrogen and oxygen atoms in total. The Labute approximate surface area is 153 Å². The number of carbonyl (C=O) groups is 2.